The van der Waals surface area contributed by atoms with Crippen molar-refractivity contribution >= 4 is 35.0 Å². The molecule has 162 valence electrons. The maximum Gasteiger partial charge on any atom is 0.233 e. The molecule has 0 spiro atoms. The lowest BCUT2D eigenvalue weighted by atomic mass is 10.2. The van der Waals surface area contributed by atoms with E-state index in [1.165, 1.54) is 0 Å². The molecule has 2 aromatic heterocycles. The molecule has 0 saturated carbocycles. The minimum Gasteiger partial charge on any atom is -0.497 e. The highest BCUT2D eigenvalue weighted by Crippen LogP contribution is 2.19. The zero-order valence-corrected chi connectivity index (χ0v) is 17.6. The van der Waals surface area contributed by atoms with Crippen LogP contribution in [0.25, 0.3) is 0 Å². The van der Waals surface area contributed by atoms with Crippen LogP contribution in [0.4, 0.5) is 29.1 Å². The Morgan fingerprint density at radius 1 is 0.938 bits per heavy atom. The van der Waals surface area contributed by atoms with Crippen molar-refractivity contribution in [3.05, 3.63) is 72.2 Å². The molecule has 0 aliphatic heterocycles. The highest BCUT2D eigenvalue weighted by Gasteiger charge is 2.10. The topological polar surface area (TPSA) is 130 Å². The van der Waals surface area contributed by atoms with Gasteiger partial charge >= 0.3 is 0 Å². The fraction of sp³-hybridized carbons (Fsp3) is 0.136. The molecule has 0 bridgehead atoms. The summed E-state index contributed by atoms with van der Waals surface area (Å²) in [7, 11) is 1.62. The van der Waals surface area contributed by atoms with E-state index in [1.807, 2.05) is 54.6 Å². The van der Waals surface area contributed by atoms with Gasteiger partial charge in [-0.05, 0) is 43.3 Å². The second-order valence-corrected chi connectivity index (χ2v) is 6.88. The lowest BCUT2D eigenvalue weighted by Crippen LogP contribution is -2.14. The first-order chi connectivity index (χ1) is 15.6. The predicted octanol–water partition coefficient (Wildman–Crippen LogP) is 3.58. The zero-order valence-electron chi connectivity index (χ0n) is 17.6. The summed E-state index contributed by atoms with van der Waals surface area (Å²) < 4.78 is 5.17. The van der Waals surface area contributed by atoms with Gasteiger partial charge in [0.2, 0.25) is 17.8 Å². The molecule has 0 fully saturated rings. The summed E-state index contributed by atoms with van der Waals surface area (Å²) in [6.07, 6.45) is 0.157. The highest BCUT2D eigenvalue weighted by atomic mass is 16.5. The summed E-state index contributed by atoms with van der Waals surface area (Å²) in [5.74, 6) is 2.37. The van der Waals surface area contributed by atoms with E-state index in [-0.39, 0.29) is 12.3 Å². The van der Waals surface area contributed by atoms with Gasteiger partial charge in [-0.2, -0.15) is 20.1 Å². The van der Waals surface area contributed by atoms with Gasteiger partial charge in [0.1, 0.15) is 11.6 Å². The summed E-state index contributed by atoms with van der Waals surface area (Å²) >= 11 is 0. The summed E-state index contributed by atoms with van der Waals surface area (Å²) in [4.78, 5) is 25.2. The van der Waals surface area contributed by atoms with Crippen LogP contribution < -0.4 is 20.7 Å². The minimum atomic E-state index is -0.145. The molecule has 4 aromatic rings. The number of nitrogens with zero attached hydrogens (tertiary/aromatic N) is 4. The van der Waals surface area contributed by atoms with Gasteiger partial charge in [0.25, 0.3) is 0 Å². The van der Waals surface area contributed by atoms with Crippen molar-refractivity contribution in [3.8, 4) is 5.75 Å². The maximum absolute atomic E-state index is 12.2. The largest absolute Gasteiger partial charge is 0.497 e. The fourth-order valence-electron chi connectivity index (χ4n) is 2.93. The van der Waals surface area contributed by atoms with Crippen LogP contribution in [0, 0.1) is 6.92 Å². The zero-order chi connectivity index (χ0) is 22.3. The number of nitrogens with one attached hydrogen (secondary N) is 4. The third-order valence-electron chi connectivity index (χ3n) is 4.37. The molecule has 10 heteroatoms. The molecule has 0 atom stereocenters. The lowest BCUT2D eigenvalue weighted by molar-refractivity contribution is -0.115. The fourth-order valence-corrected chi connectivity index (χ4v) is 2.93. The number of anilines is 5. The van der Waals surface area contributed by atoms with Crippen molar-refractivity contribution in [1.82, 2.24) is 25.1 Å². The first kappa shape index (κ1) is 20.8. The predicted molar refractivity (Wildman–Crippen MR) is 121 cm³/mol. The van der Waals surface area contributed by atoms with Gasteiger partial charge in [-0.15, -0.1) is 0 Å². The van der Waals surface area contributed by atoms with Crippen molar-refractivity contribution in [1.29, 1.82) is 0 Å². The van der Waals surface area contributed by atoms with Crippen LogP contribution in [-0.4, -0.2) is 38.2 Å². The number of aromatic nitrogens is 5. The third-order valence-corrected chi connectivity index (χ3v) is 4.37. The number of carbonyl (C=O) groups excluding carboxylic acids is 1. The molecule has 0 aliphatic rings. The van der Waals surface area contributed by atoms with Crippen LogP contribution in [0.15, 0.2) is 60.7 Å². The van der Waals surface area contributed by atoms with E-state index < -0.39 is 0 Å². The van der Waals surface area contributed by atoms with Gasteiger partial charge in [0.05, 0.1) is 13.5 Å². The number of aryl methyl sites for hydroxylation is 1. The van der Waals surface area contributed by atoms with Crippen LogP contribution in [0.5, 0.6) is 5.75 Å². The Morgan fingerprint density at radius 3 is 2.38 bits per heavy atom. The number of hydrogen-bond acceptors (Lipinski definition) is 8. The van der Waals surface area contributed by atoms with Crippen LogP contribution in [0.2, 0.25) is 0 Å². The summed E-state index contributed by atoms with van der Waals surface area (Å²) in [6, 6.07) is 18.4. The molecule has 4 rings (SSSR count). The van der Waals surface area contributed by atoms with Gasteiger partial charge in [0, 0.05) is 23.1 Å². The van der Waals surface area contributed by atoms with Crippen LogP contribution in [-0.2, 0) is 11.2 Å². The molecular weight excluding hydrogens is 408 g/mol. The Bertz CT molecular complexity index is 1190. The molecule has 1 amide bonds. The van der Waals surface area contributed by atoms with E-state index in [9.17, 15) is 4.79 Å². The smallest absolute Gasteiger partial charge is 0.233 e. The van der Waals surface area contributed by atoms with Crippen LogP contribution >= 0.6 is 0 Å². The number of benzene rings is 2. The standard InChI is InChI=1S/C22H22N8O2/c1-14-23-21(26-16-8-10-18(32-2)11-9-16)28-22(24-14)27-19-12-17(29-30-19)13-20(31)25-15-6-4-3-5-7-15/h3-12H,13H2,1-2H3,(H,25,31)(H3,23,24,26,27,28,29,30). The van der Waals surface area contributed by atoms with Crippen LogP contribution in [0.3, 0.4) is 0 Å². The highest BCUT2D eigenvalue weighted by molar-refractivity contribution is 5.92. The molecule has 0 unspecified atom stereocenters. The van der Waals surface area contributed by atoms with Crippen molar-refractivity contribution in [3.63, 3.8) is 0 Å². The number of amides is 1. The number of aromatic amines is 1. The monoisotopic (exact) mass is 430 g/mol. The molecule has 4 N–H and O–H groups in total. The van der Waals surface area contributed by atoms with Gasteiger partial charge in [0.15, 0.2) is 5.82 Å². The summed E-state index contributed by atoms with van der Waals surface area (Å²) in [5, 5.41) is 16.0. The first-order valence-electron chi connectivity index (χ1n) is 9.87. The summed E-state index contributed by atoms with van der Waals surface area (Å²) in [6.45, 7) is 1.77. The van der Waals surface area contributed by atoms with Crippen molar-refractivity contribution in [2.45, 2.75) is 13.3 Å². The number of carbonyl (C=O) groups is 1. The molecule has 10 nitrogen and oxygen atoms in total. The Labute approximate surface area is 184 Å². The normalized spacial score (nSPS) is 10.4. The molecule has 2 aromatic carbocycles. The number of H-pyrrole nitrogens is 1. The Morgan fingerprint density at radius 2 is 1.66 bits per heavy atom. The van der Waals surface area contributed by atoms with Gasteiger partial charge in [-0.25, -0.2) is 0 Å². The molecule has 0 aliphatic carbocycles. The van der Waals surface area contributed by atoms with Gasteiger partial charge in [-0.3, -0.25) is 9.89 Å². The summed E-state index contributed by atoms with van der Waals surface area (Å²) in [5.41, 5.74) is 2.21. The second-order valence-electron chi connectivity index (χ2n) is 6.88. The molecule has 0 radical (unpaired) electrons. The van der Waals surface area contributed by atoms with E-state index in [1.54, 1.807) is 20.1 Å². The Balaban J connectivity index is 1.39. The van der Waals surface area contributed by atoms with Gasteiger partial charge < -0.3 is 20.7 Å². The van der Waals surface area contributed by atoms with E-state index >= 15 is 0 Å². The van der Waals surface area contributed by atoms with E-state index in [0.29, 0.717) is 29.2 Å². The van der Waals surface area contributed by atoms with E-state index in [0.717, 1.165) is 17.1 Å². The van der Waals surface area contributed by atoms with Gasteiger partial charge in [-0.1, -0.05) is 18.2 Å². The average Bonchev–Trinajstić information content (AvgIpc) is 3.21. The number of rotatable bonds is 8. The second kappa shape index (κ2) is 9.56. The number of hydrogen-bond donors (Lipinski definition) is 4. The SMILES string of the molecule is COc1ccc(Nc2nc(C)nc(Nc3cc(CC(=O)Nc4ccccc4)[nH]n3)n2)cc1. The minimum absolute atomic E-state index is 0.145. The van der Waals surface area contributed by atoms with E-state index in [2.05, 4.69) is 41.1 Å². The molecule has 0 saturated heterocycles. The number of para-hydroxylation sites is 1. The molecule has 2 heterocycles. The van der Waals surface area contributed by atoms with Crippen molar-refractivity contribution in [2.24, 2.45) is 0 Å². The van der Waals surface area contributed by atoms with Crippen LogP contribution in [0.1, 0.15) is 11.5 Å². The average molecular weight is 430 g/mol. The number of methoxy groups -OCH3 is 1. The number of ether oxygens (including phenoxy) is 1. The van der Waals surface area contributed by atoms with Crippen molar-refractivity contribution in [2.75, 3.05) is 23.1 Å². The molecule has 32 heavy (non-hydrogen) atoms. The van der Waals surface area contributed by atoms with Crippen molar-refractivity contribution < 1.29 is 9.53 Å². The first-order valence-corrected chi connectivity index (χ1v) is 9.87. The third kappa shape index (κ3) is 5.57. The quantitative estimate of drug-likeness (QED) is 0.334. The molecular formula is C22H22N8O2. The maximum atomic E-state index is 12.2. The van der Waals surface area contributed by atoms with E-state index in [4.69, 9.17) is 4.74 Å². The Hall–Kier alpha value is -4.47. The lowest BCUT2D eigenvalue weighted by Gasteiger charge is -2.08. The Kier molecular flexibility index (Phi) is 6.21.